The number of carbonyl (C=O) groups is 1. The van der Waals surface area contributed by atoms with Gasteiger partial charge in [0.2, 0.25) is 5.91 Å². The van der Waals surface area contributed by atoms with Crippen LogP contribution in [0.15, 0.2) is 24.3 Å². The van der Waals surface area contributed by atoms with Gasteiger partial charge in [-0.2, -0.15) is 0 Å². The van der Waals surface area contributed by atoms with Crippen LogP contribution in [0.1, 0.15) is 26.2 Å². The summed E-state index contributed by atoms with van der Waals surface area (Å²) in [7, 11) is 0. The molecule has 1 N–H and O–H groups in total. The van der Waals surface area contributed by atoms with E-state index in [0.717, 1.165) is 24.5 Å². The molecule has 2 atom stereocenters. The highest BCUT2D eigenvalue weighted by Crippen LogP contribution is 2.31. The molecule has 1 saturated heterocycles. The van der Waals surface area contributed by atoms with E-state index in [1.807, 2.05) is 36.1 Å². The average Bonchev–Trinajstić information content (AvgIpc) is 3.05. The molecule has 2 unspecified atom stereocenters. The summed E-state index contributed by atoms with van der Waals surface area (Å²) in [6, 6.07) is 8.01. The second kappa shape index (κ2) is 8.41. The molecule has 128 valence electrons. The van der Waals surface area contributed by atoms with Gasteiger partial charge in [-0.05, 0) is 38.4 Å². The molecule has 2 aliphatic heterocycles. The number of rotatable bonds is 5. The second-order valence-corrected chi connectivity index (χ2v) is 5.93. The number of amides is 1. The number of para-hydroxylation sites is 2. The Kier molecular flexibility index (Phi) is 6.54. The van der Waals surface area contributed by atoms with Gasteiger partial charge in [0.25, 0.3) is 0 Å². The Labute approximate surface area is 143 Å². The molecular weight excluding hydrogens is 316 g/mol. The van der Waals surface area contributed by atoms with E-state index in [2.05, 4.69) is 5.32 Å². The largest absolute Gasteiger partial charge is 0.486 e. The number of hydrogen-bond donors (Lipinski definition) is 1. The average molecular weight is 341 g/mol. The van der Waals surface area contributed by atoms with E-state index >= 15 is 0 Å². The number of hydrogen-bond acceptors (Lipinski definition) is 4. The number of ether oxygens (including phenoxy) is 2. The van der Waals surface area contributed by atoms with Gasteiger partial charge in [-0.3, -0.25) is 4.79 Å². The van der Waals surface area contributed by atoms with Crippen molar-refractivity contribution < 1.29 is 14.3 Å². The van der Waals surface area contributed by atoms with Crippen LogP contribution in [0.5, 0.6) is 11.5 Å². The van der Waals surface area contributed by atoms with Crippen LogP contribution < -0.4 is 14.8 Å². The van der Waals surface area contributed by atoms with Gasteiger partial charge in [0.15, 0.2) is 17.6 Å². The predicted octanol–water partition coefficient (Wildman–Crippen LogP) is 2.24. The number of likely N-dealkylation sites (N-methyl/N-ethyl adjacent to an activating group) is 1. The Morgan fingerprint density at radius 2 is 2.13 bits per heavy atom. The first-order valence-corrected chi connectivity index (χ1v) is 8.16. The van der Waals surface area contributed by atoms with Crippen molar-refractivity contribution in [2.75, 3.05) is 26.2 Å². The number of nitrogens with one attached hydrogen (secondary N) is 1. The molecule has 0 aliphatic carbocycles. The van der Waals surface area contributed by atoms with E-state index in [0.29, 0.717) is 32.2 Å². The Balaban J connectivity index is 0.00000192. The van der Waals surface area contributed by atoms with Gasteiger partial charge in [-0.25, -0.2) is 0 Å². The van der Waals surface area contributed by atoms with Crippen LogP contribution in [0.3, 0.4) is 0 Å². The molecule has 0 aromatic heterocycles. The summed E-state index contributed by atoms with van der Waals surface area (Å²) in [5, 5.41) is 3.38. The Morgan fingerprint density at radius 3 is 2.83 bits per heavy atom. The molecule has 0 spiro atoms. The van der Waals surface area contributed by atoms with Gasteiger partial charge in [0, 0.05) is 19.0 Å². The van der Waals surface area contributed by atoms with Crippen molar-refractivity contribution >= 4 is 18.3 Å². The highest BCUT2D eigenvalue weighted by atomic mass is 35.5. The number of halogens is 1. The molecule has 3 rings (SSSR count). The molecule has 2 heterocycles. The Hall–Kier alpha value is -1.46. The zero-order chi connectivity index (χ0) is 15.4. The molecule has 1 fully saturated rings. The van der Waals surface area contributed by atoms with E-state index in [-0.39, 0.29) is 24.4 Å². The van der Waals surface area contributed by atoms with Crippen LogP contribution >= 0.6 is 12.4 Å². The second-order valence-electron chi connectivity index (χ2n) is 5.93. The summed E-state index contributed by atoms with van der Waals surface area (Å²) in [5.41, 5.74) is 0. The Morgan fingerprint density at radius 1 is 1.35 bits per heavy atom. The van der Waals surface area contributed by atoms with Gasteiger partial charge in [0.1, 0.15) is 6.61 Å². The monoisotopic (exact) mass is 340 g/mol. The van der Waals surface area contributed by atoms with E-state index in [4.69, 9.17) is 9.47 Å². The normalized spacial score (nSPS) is 22.3. The molecule has 1 aromatic carbocycles. The quantitative estimate of drug-likeness (QED) is 0.893. The number of benzene rings is 1. The maximum absolute atomic E-state index is 12.4. The van der Waals surface area contributed by atoms with Crippen molar-refractivity contribution in [2.45, 2.75) is 38.3 Å². The molecule has 5 nitrogen and oxygen atoms in total. The summed E-state index contributed by atoms with van der Waals surface area (Å²) in [6.45, 7) is 4.81. The van der Waals surface area contributed by atoms with Crippen molar-refractivity contribution in [3.05, 3.63) is 24.3 Å². The third kappa shape index (κ3) is 4.52. The molecule has 23 heavy (non-hydrogen) atoms. The van der Waals surface area contributed by atoms with Crippen molar-refractivity contribution in [3.8, 4) is 11.5 Å². The highest BCUT2D eigenvalue weighted by molar-refractivity contribution is 5.85. The lowest BCUT2D eigenvalue weighted by atomic mass is 10.1. The molecule has 0 radical (unpaired) electrons. The smallest absolute Gasteiger partial charge is 0.224 e. The summed E-state index contributed by atoms with van der Waals surface area (Å²) in [6.07, 6.45) is 2.74. The van der Waals surface area contributed by atoms with Crippen LogP contribution in [-0.2, 0) is 4.79 Å². The SMILES string of the molecule is CCN(CC1COc2ccccc2O1)C(=O)CC1CCCN1.Cl. The lowest BCUT2D eigenvalue weighted by Gasteiger charge is -2.31. The van der Waals surface area contributed by atoms with Crippen molar-refractivity contribution in [1.29, 1.82) is 0 Å². The molecule has 1 amide bonds. The fourth-order valence-corrected chi connectivity index (χ4v) is 3.08. The minimum Gasteiger partial charge on any atom is -0.486 e. The third-order valence-corrected chi connectivity index (χ3v) is 4.31. The zero-order valence-electron chi connectivity index (χ0n) is 13.5. The topological polar surface area (TPSA) is 50.8 Å². The van der Waals surface area contributed by atoms with E-state index in [1.54, 1.807) is 0 Å². The summed E-state index contributed by atoms with van der Waals surface area (Å²) >= 11 is 0. The van der Waals surface area contributed by atoms with Crippen LogP contribution in [0.2, 0.25) is 0 Å². The minimum absolute atomic E-state index is 0. The number of fused-ring (bicyclic) bond motifs is 1. The van der Waals surface area contributed by atoms with Crippen LogP contribution in [0.4, 0.5) is 0 Å². The van der Waals surface area contributed by atoms with Crippen LogP contribution in [0, 0.1) is 0 Å². The van der Waals surface area contributed by atoms with Gasteiger partial charge in [0.05, 0.1) is 6.54 Å². The highest BCUT2D eigenvalue weighted by Gasteiger charge is 2.26. The molecular formula is C17H25ClN2O3. The van der Waals surface area contributed by atoms with Crippen molar-refractivity contribution in [1.82, 2.24) is 10.2 Å². The first kappa shape index (κ1) is 17.9. The third-order valence-electron chi connectivity index (χ3n) is 4.31. The minimum atomic E-state index is -0.102. The van der Waals surface area contributed by atoms with E-state index in [9.17, 15) is 4.79 Å². The van der Waals surface area contributed by atoms with Crippen molar-refractivity contribution in [2.24, 2.45) is 0 Å². The molecule has 1 aromatic rings. The number of carbonyl (C=O) groups excluding carboxylic acids is 1. The standard InChI is InChI=1S/C17H24N2O3.ClH/c1-2-19(17(20)10-13-6-5-9-18-13)11-14-12-21-15-7-3-4-8-16(15)22-14;/h3-4,7-8,13-14,18H,2,5-6,9-12H2,1H3;1H. The lowest BCUT2D eigenvalue weighted by molar-refractivity contribution is -0.133. The first-order chi connectivity index (χ1) is 10.8. The predicted molar refractivity (Wildman–Crippen MR) is 91.5 cm³/mol. The summed E-state index contributed by atoms with van der Waals surface area (Å²) < 4.78 is 11.7. The summed E-state index contributed by atoms with van der Waals surface area (Å²) in [5.74, 6) is 1.74. The summed E-state index contributed by atoms with van der Waals surface area (Å²) in [4.78, 5) is 14.3. The van der Waals surface area contributed by atoms with Crippen molar-refractivity contribution in [3.63, 3.8) is 0 Å². The molecule has 2 aliphatic rings. The van der Waals surface area contributed by atoms with Gasteiger partial charge >= 0.3 is 0 Å². The fraction of sp³-hybridized carbons (Fsp3) is 0.588. The van der Waals surface area contributed by atoms with Gasteiger partial charge in [-0.1, -0.05) is 12.1 Å². The first-order valence-electron chi connectivity index (χ1n) is 8.16. The van der Waals surface area contributed by atoms with E-state index in [1.165, 1.54) is 6.42 Å². The molecule has 6 heteroatoms. The Bertz CT molecular complexity index is 520. The zero-order valence-corrected chi connectivity index (χ0v) is 14.3. The van der Waals surface area contributed by atoms with Crippen LogP contribution in [-0.4, -0.2) is 49.2 Å². The fourth-order valence-electron chi connectivity index (χ4n) is 3.08. The van der Waals surface area contributed by atoms with E-state index < -0.39 is 0 Å². The van der Waals surface area contributed by atoms with Gasteiger partial charge < -0.3 is 19.7 Å². The maximum atomic E-state index is 12.4. The number of nitrogens with zero attached hydrogens (tertiary/aromatic N) is 1. The van der Waals surface area contributed by atoms with Crippen LogP contribution in [0.25, 0.3) is 0 Å². The maximum Gasteiger partial charge on any atom is 0.224 e. The molecule has 0 saturated carbocycles. The lowest BCUT2D eigenvalue weighted by Crippen LogP contribution is -2.44. The van der Waals surface area contributed by atoms with Gasteiger partial charge in [-0.15, -0.1) is 12.4 Å². The molecule has 0 bridgehead atoms.